The topological polar surface area (TPSA) is 63.9 Å². The standard InChI is InChI=1S/C16H26N2O4/c1-11(12-6-7-21-10-12)17-13-8-18(9-14(13)20-5)15(19)22-16(2,3)4/h6-7,10-11,13-14,17H,8-9H2,1-5H3/t11?,13?,14-/m0/s1. The molecule has 0 radical (unpaired) electrons. The fourth-order valence-electron chi connectivity index (χ4n) is 2.59. The Kier molecular flexibility index (Phi) is 5.13. The van der Waals surface area contributed by atoms with Gasteiger partial charge in [0.25, 0.3) is 0 Å². The molecular weight excluding hydrogens is 284 g/mol. The highest BCUT2D eigenvalue weighted by Crippen LogP contribution is 2.21. The summed E-state index contributed by atoms with van der Waals surface area (Å²) in [4.78, 5) is 13.9. The third kappa shape index (κ3) is 4.24. The van der Waals surface area contributed by atoms with E-state index < -0.39 is 5.60 Å². The molecule has 2 unspecified atom stereocenters. The Morgan fingerprint density at radius 1 is 1.45 bits per heavy atom. The zero-order chi connectivity index (χ0) is 16.3. The van der Waals surface area contributed by atoms with Gasteiger partial charge in [0, 0.05) is 25.3 Å². The SMILES string of the molecule is CO[C@H]1CN(C(=O)OC(C)(C)C)CC1NC(C)c1ccoc1. The number of carbonyl (C=O) groups excluding carboxylic acids is 1. The Morgan fingerprint density at radius 3 is 2.73 bits per heavy atom. The van der Waals surface area contributed by atoms with Crippen molar-refractivity contribution in [2.24, 2.45) is 0 Å². The number of nitrogens with zero attached hydrogens (tertiary/aromatic N) is 1. The van der Waals surface area contributed by atoms with E-state index in [1.165, 1.54) is 0 Å². The van der Waals surface area contributed by atoms with Crippen LogP contribution in [-0.2, 0) is 9.47 Å². The quantitative estimate of drug-likeness (QED) is 0.926. The molecule has 0 saturated carbocycles. The van der Waals surface area contributed by atoms with Crippen LogP contribution in [0, 0.1) is 0 Å². The molecule has 6 heteroatoms. The van der Waals surface area contributed by atoms with Gasteiger partial charge < -0.3 is 24.1 Å². The second-order valence-electron chi connectivity index (χ2n) is 6.71. The minimum absolute atomic E-state index is 0.0538. The van der Waals surface area contributed by atoms with Crippen molar-refractivity contribution < 1.29 is 18.7 Å². The van der Waals surface area contributed by atoms with E-state index >= 15 is 0 Å². The number of furan rings is 1. The van der Waals surface area contributed by atoms with Crippen molar-refractivity contribution in [1.29, 1.82) is 0 Å². The van der Waals surface area contributed by atoms with Gasteiger partial charge in [-0.05, 0) is 33.8 Å². The van der Waals surface area contributed by atoms with Crippen LogP contribution in [0.2, 0.25) is 0 Å². The predicted octanol–water partition coefficient (Wildman–Crippen LogP) is 2.56. The van der Waals surface area contributed by atoms with Crippen LogP contribution in [0.3, 0.4) is 0 Å². The van der Waals surface area contributed by atoms with E-state index in [4.69, 9.17) is 13.9 Å². The number of nitrogens with one attached hydrogen (secondary N) is 1. The predicted molar refractivity (Wildman–Crippen MR) is 82.7 cm³/mol. The number of hydrogen-bond donors (Lipinski definition) is 1. The minimum atomic E-state index is -0.491. The van der Waals surface area contributed by atoms with Crippen molar-refractivity contribution in [2.45, 2.75) is 51.5 Å². The lowest BCUT2D eigenvalue weighted by atomic mass is 10.1. The second-order valence-corrected chi connectivity index (χ2v) is 6.71. The molecule has 0 aliphatic carbocycles. The van der Waals surface area contributed by atoms with Gasteiger partial charge in [-0.15, -0.1) is 0 Å². The lowest BCUT2D eigenvalue weighted by Crippen LogP contribution is -2.41. The summed E-state index contributed by atoms with van der Waals surface area (Å²) in [6.45, 7) is 8.76. The Bertz CT molecular complexity index is 481. The number of likely N-dealkylation sites (tertiary alicyclic amines) is 1. The average molecular weight is 310 g/mol. The van der Waals surface area contributed by atoms with Crippen LogP contribution in [0.5, 0.6) is 0 Å². The largest absolute Gasteiger partial charge is 0.472 e. The lowest BCUT2D eigenvalue weighted by molar-refractivity contribution is 0.0252. The summed E-state index contributed by atoms with van der Waals surface area (Å²) in [5.74, 6) is 0. The molecule has 0 bridgehead atoms. The summed E-state index contributed by atoms with van der Waals surface area (Å²) < 4.78 is 16.1. The summed E-state index contributed by atoms with van der Waals surface area (Å²) in [7, 11) is 1.67. The van der Waals surface area contributed by atoms with Crippen LogP contribution in [-0.4, -0.2) is 48.9 Å². The van der Waals surface area contributed by atoms with Crippen molar-refractivity contribution in [2.75, 3.05) is 20.2 Å². The van der Waals surface area contributed by atoms with Crippen LogP contribution < -0.4 is 5.32 Å². The summed E-state index contributed by atoms with van der Waals surface area (Å²) in [6, 6.07) is 2.11. The minimum Gasteiger partial charge on any atom is -0.472 e. The summed E-state index contributed by atoms with van der Waals surface area (Å²) in [6.07, 6.45) is 3.03. The molecule has 1 aliphatic heterocycles. The van der Waals surface area contributed by atoms with Crippen molar-refractivity contribution in [3.05, 3.63) is 24.2 Å². The van der Waals surface area contributed by atoms with Gasteiger partial charge in [-0.2, -0.15) is 0 Å². The summed E-state index contributed by atoms with van der Waals surface area (Å²) in [5.41, 5.74) is 0.584. The molecule has 1 amide bonds. The zero-order valence-electron chi connectivity index (χ0n) is 14.0. The molecule has 1 saturated heterocycles. The van der Waals surface area contributed by atoms with Gasteiger partial charge >= 0.3 is 6.09 Å². The highest BCUT2D eigenvalue weighted by Gasteiger charge is 2.37. The molecule has 6 nitrogen and oxygen atoms in total. The summed E-state index contributed by atoms with van der Waals surface area (Å²) >= 11 is 0. The van der Waals surface area contributed by atoms with Crippen LogP contribution >= 0.6 is 0 Å². The normalized spacial score (nSPS) is 23.6. The van der Waals surface area contributed by atoms with Crippen LogP contribution in [0.15, 0.2) is 23.0 Å². The Hall–Kier alpha value is -1.53. The molecular formula is C16H26N2O4. The van der Waals surface area contributed by atoms with E-state index in [1.807, 2.05) is 26.8 Å². The van der Waals surface area contributed by atoms with Gasteiger partial charge in [0.15, 0.2) is 0 Å². The number of rotatable bonds is 4. The molecule has 2 rings (SSSR count). The molecule has 1 aromatic heterocycles. The maximum Gasteiger partial charge on any atom is 0.410 e. The first-order valence-corrected chi connectivity index (χ1v) is 7.59. The highest BCUT2D eigenvalue weighted by molar-refractivity contribution is 5.68. The van der Waals surface area contributed by atoms with E-state index in [0.29, 0.717) is 13.1 Å². The van der Waals surface area contributed by atoms with E-state index in [-0.39, 0.29) is 24.3 Å². The molecule has 1 N–H and O–H groups in total. The van der Waals surface area contributed by atoms with Gasteiger partial charge in [0.2, 0.25) is 0 Å². The number of hydrogen-bond acceptors (Lipinski definition) is 5. The molecule has 0 aromatic carbocycles. The molecule has 22 heavy (non-hydrogen) atoms. The molecule has 124 valence electrons. The monoisotopic (exact) mass is 310 g/mol. The number of carbonyl (C=O) groups is 1. The van der Waals surface area contributed by atoms with Crippen LogP contribution in [0.1, 0.15) is 39.3 Å². The lowest BCUT2D eigenvalue weighted by Gasteiger charge is -2.24. The van der Waals surface area contributed by atoms with E-state index in [2.05, 4.69) is 12.2 Å². The summed E-state index contributed by atoms with van der Waals surface area (Å²) in [5, 5.41) is 3.50. The Morgan fingerprint density at radius 2 is 2.18 bits per heavy atom. The van der Waals surface area contributed by atoms with E-state index in [0.717, 1.165) is 5.56 Å². The molecule has 1 aromatic rings. The third-order valence-corrected chi connectivity index (χ3v) is 3.73. The van der Waals surface area contributed by atoms with Gasteiger partial charge in [-0.25, -0.2) is 4.79 Å². The van der Waals surface area contributed by atoms with Gasteiger partial charge in [-0.3, -0.25) is 0 Å². The highest BCUT2D eigenvalue weighted by atomic mass is 16.6. The first-order chi connectivity index (χ1) is 10.3. The van der Waals surface area contributed by atoms with Crippen molar-refractivity contribution in [3.8, 4) is 0 Å². The van der Waals surface area contributed by atoms with Gasteiger partial charge in [0.05, 0.1) is 31.2 Å². The van der Waals surface area contributed by atoms with Crippen LogP contribution in [0.4, 0.5) is 4.79 Å². The van der Waals surface area contributed by atoms with Crippen LogP contribution in [0.25, 0.3) is 0 Å². The molecule has 3 atom stereocenters. The molecule has 1 aliphatic rings. The average Bonchev–Trinajstić information content (AvgIpc) is 3.05. The van der Waals surface area contributed by atoms with E-state index in [1.54, 1.807) is 24.5 Å². The molecule has 1 fully saturated rings. The maximum absolute atomic E-state index is 12.2. The van der Waals surface area contributed by atoms with Crippen molar-refractivity contribution >= 4 is 6.09 Å². The molecule has 0 spiro atoms. The van der Waals surface area contributed by atoms with Gasteiger partial charge in [-0.1, -0.05) is 0 Å². The van der Waals surface area contributed by atoms with E-state index in [9.17, 15) is 4.79 Å². The van der Waals surface area contributed by atoms with Gasteiger partial charge in [0.1, 0.15) is 5.60 Å². The first kappa shape index (κ1) is 16.8. The zero-order valence-corrected chi connectivity index (χ0v) is 14.0. The third-order valence-electron chi connectivity index (χ3n) is 3.73. The second kappa shape index (κ2) is 6.71. The number of ether oxygens (including phenoxy) is 2. The maximum atomic E-state index is 12.2. The smallest absolute Gasteiger partial charge is 0.410 e. The Labute approximate surface area is 131 Å². The molecule has 2 heterocycles. The first-order valence-electron chi connectivity index (χ1n) is 7.59. The fourth-order valence-corrected chi connectivity index (χ4v) is 2.59. The number of methoxy groups -OCH3 is 1. The van der Waals surface area contributed by atoms with Crippen molar-refractivity contribution in [3.63, 3.8) is 0 Å². The Balaban J connectivity index is 1.96. The fraction of sp³-hybridized carbons (Fsp3) is 0.688. The number of amides is 1. The van der Waals surface area contributed by atoms with Crippen molar-refractivity contribution in [1.82, 2.24) is 10.2 Å².